The Morgan fingerprint density at radius 3 is 3.00 bits per heavy atom. The van der Waals surface area contributed by atoms with Gasteiger partial charge in [0, 0.05) is 23.7 Å². The van der Waals surface area contributed by atoms with Crippen molar-refractivity contribution in [2.75, 3.05) is 33.4 Å². The van der Waals surface area contributed by atoms with Crippen molar-refractivity contribution in [1.82, 2.24) is 4.90 Å². The van der Waals surface area contributed by atoms with Crippen molar-refractivity contribution in [2.24, 2.45) is 0 Å². The van der Waals surface area contributed by atoms with Crippen LogP contribution in [0.3, 0.4) is 0 Å². The third-order valence-electron chi connectivity index (χ3n) is 3.51. The van der Waals surface area contributed by atoms with E-state index in [4.69, 9.17) is 21.1 Å². The normalized spacial score (nSPS) is 18.6. The summed E-state index contributed by atoms with van der Waals surface area (Å²) < 4.78 is 25.4. The molecule has 0 bridgehead atoms. The second-order valence-corrected chi connectivity index (χ2v) is 6.54. The second-order valence-electron chi connectivity index (χ2n) is 5.11. The molecule has 1 aromatic carbocycles. The van der Waals surface area contributed by atoms with Crippen LogP contribution in [0.2, 0.25) is 5.02 Å². The Bertz CT molecular complexity index is 699. The van der Waals surface area contributed by atoms with Crippen molar-refractivity contribution in [1.29, 1.82) is 0 Å². The van der Waals surface area contributed by atoms with Crippen LogP contribution in [-0.4, -0.2) is 50.3 Å². The molecule has 1 fully saturated rings. The molecule has 7 heteroatoms. The third-order valence-corrected chi connectivity index (χ3v) is 5.14. The van der Waals surface area contributed by atoms with Gasteiger partial charge in [0.05, 0.1) is 30.9 Å². The smallest absolute Gasteiger partial charge is 0.265 e. The van der Waals surface area contributed by atoms with E-state index in [9.17, 15) is 9.18 Å². The summed E-state index contributed by atoms with van der Waals surface area (Å²) in [6, 6.07) is 4.70. The molecule has 0 saturated carbocycles. The zero-order chi connectivity index (χ0) is 15.7. The van der Waals surface area contributed by atoms with Gasteiger partial charge in [-0.3, -0.25) is 4.79 Å². The number of halogens is 2. The number of carbonyl (C=O) groups is 1. The number of amides is 1. The summed E-state index contributed by atoms with van der Waals surface area (Å²) in [5.74, 6) is -0.649. The molecule has 0 radical (unpaired) electrons. The first-order valence-electron chi connectivity index (χ1n) is 6.89. The lowest BCUT2D eigenvalue weighted by Crippen LogP contribution is -2.40. The van der Waals surface area contributed by atoms with E-state index in [0.717, 1.165) is 0 Å². The number of hydrogen-bond donors (Lipinski definition) is 0. The van der Waals surface area contributed by atoms with E-state index in [-0.39, 0.29) is 17.0 Å². The highest BCUT2D eigenvalue weighted by molar-refractivity contribution is 7.21. The van der Waals surface area contributed by atoms with Crippen molar-refractivity contribution in [3.8, 4) is 0 Å². The maximum Gasteiger partial charge on any atom is 0.265 e. The molecule has 1 aliphatic rings. The first-order valence-corrected chi connectivity index (χ1v) is 8.08. The maximum absolute atomic E-state index is 13.9. The van der Waals surface area contributed by atoms with Crippen LogP contribution in [0.4, 0.5) is 4.39 Å². The quantitative estimate of drug-likeness (QED) is 0.859. The van der Waals surface area contributed by atoms with Gasteiger partial charge in [-0.25, -0.2) is 4.39 Å². The van der Waals surface area contributed by atoms with Crippen LogP contribution in [-0.2, 0) is 9.47 Å². The summed E-state index contributed by atoms with van der Waals surface area (Å²) in [4.78, 5) is 14.4. The number of rotatable bonds is 3. The van der Waals surface area contributed by atoms with Gasteiger partial charge in [0.1, 0.15) is 10.7 Å². The topological polar surface area (TPSA) is 38.8 Å². The highest BCUT2D eigenvalue weighted by Gasteiger charge is 2.25. The zero-order valence-electron chi connectivity index (χ0n) is 12.0. The van der Waals surface area contributed by atoms with Gasteiger partial charge in [0.2, 0.25) is 0 Å². The summed E-state index contributed by atoms with van der Waals surface area (Å²) >= 11 is 7.41. The van der Waals surface area contributed by atoms with Crippen molar-refractivity contribution in [3.05, 3.63) is 33.9 Å². The molecule has 22 heavy (non-hydrogen) atoms. The van der Waals surface area contributed by atoms with Crippen LogP contribution in [0.1, 0.15) is 9.67 Å². The van der Waals surface area contributed by atoms with Crippen LogP contribution in [0, 0.1) is 5.82 Å². The molecule has 1 unspecified atom stereocenters. The number of hydrogen-bond acceptors (Lipinski definition) is 4. The predicted molar refractivity (Wildman–Crippen MR) is 84.3 cm³/mol. The van der Waals surface area contributed by atoms with Crippen molar-refractivity contribution >= 4 is 38.9 Å². The fraction of sp³-hybridized carbons (Fsp3) is 0.400. The van der Waals surface area contributed by atoms with Crippen molar-refractivity contribution in [2.45, 2.75) is 6.10 Å². The number of benzene rings is 1. The molecule has 4 nitrogen and oxygen atoms in total. The predicted octanol–water partition coefficient (Wildman–Crippen LogP) is 3.18. The summed E-state index contributed by atoms with van der Waals surface area (Å²) in [5, 5.41) is 0.485. The van der Waals surface area contributed by atoms with E-state index in [1.54, 1.807) is 19.2 Å². The minimum absolute atomic E-state index is 0.146. The maximum atomic E-state index is 13.9. The molecular formula is C15H15ClFNO3S. The van der Waals surface area contributed by atoms with Gasteiger partial charge in [-0.05, 0) is 12.1 Å². The number of carbonyl (C=O) groups excluding carboxylic acids is 1. The van der Waals surface area contributed by atoms with E-state index in [2.05, 4.69) is 0 Å². The van der Waals surface area contributed by atoms with Crippen LogP contribution in [0.15, 0.2) is 18.2 Å². The standard InChI is InChI=1S/C15H15ClFNO3S/c1-18(7-9-8-20-5-6-21-9)15(19)14-13(16)12-10(17)3-2-4-11(12)22-14/h2-4,9H,5-8H2,1H3. The summed E-state index contributed by atoms with van der Waals surface area (Å²) in [6.45, 7) is 1.98. The van der Waals surface area contributed by atoms with Gasteiger partial charge in [-0.2, -0.15) is 0 Å². The Morgan fingerprint density at radius 1 is 1.50 bits per heavy atom. The van der Waals surface area contributed by atoms with Crippen molar-refractivity contribution in [3.63, 3.8) is 0 Å². The second kappa shape index (κ2) is 6.50. The Labute approximate surface area is 136 Å². The van der Waals surface area contributed by atoms with Crippen LogP contribution < -0.4 is 0 Å². The largest absolute Gasteiger partial charge is 0.376 e. The van der Waals surface area contributed by atoms with Gasteiger partial charge in [-0.15, -0.1) is 11.3 Å². The van der Waals surface area contributed by atoms with Gasteiger partial charge in [0.15, 0.2) is 0 Å². The Kier molecular flexibility index (Phi) is 4.63. The van der Waals surface area contributed by atoms with E-state index in [1.807, 2.05) is 0 Å². The fourth-order valence-electron chi connectivity index (χ4n) is 2.41. The highest BCUT2D eigenvalue weighted by atomic mass is 35.5. The SMILES string of the molecule is CN(CC1COCCO1)C(=O)c1sc2cccc(F)c2c1Cl. The fourth-order valence-corrected chi connectivity index (χ4v) is 3.96. The van der Waals surface area contributed by atoms with E-state index in [1.165, 1.54) is 22.3 Å². The lowest BCUT2D eigenvalue weighted by atomic mass is 10.2. The molecular weight excluding hydrogens is 329 g/mol. The van der Waals surface area contributed by atoms with E-state index in [0.29, 0.717) is 41.3 Å². The molecule has 3 rings (SSSR count). The van der Waals surface area contributed by atoms with E-state index >= 15 is 0 Å². The summed E-state index contributed by atoms with van der Waals surface area (Å²) in [7, 11) is 1.68. The molecule has 0 N–H and O–H groups in total. The summed E-state index contributed by atoms with van der Waals surface area (Å²) in [6.07, 6.45) is -0.146. The molecule has 2 aromatic rings. The van der Waals surface area contributed by atoms with Gasteiger partial charge in [0.25, 0.3) is 5.91 Å². The molecule has 2 heterocycles. The molecule has 1 aromatic heterocycles. The number of thiophene rings is 1. The van der Waals surface area contributed by atoms with Gasteiger partial charge < -0.3 is 14.4 Å². The van der Waals surface area contributed by atoms with E-state index < -0.39 is 5.82 Å². The van der Waals surface area contributed by atoms with Gasteiger partial charge >= 0.3 is 0 Å². The first-order chi connectivity index (χ1) is 10.6. The Morgan fingerprint density at radius 2 is 2.32 bits per heavy atom. The zero-order valence-corrected chi connectivity index (χ0v) is 13.5. The number of nitrogens with zero attached hydrogens (tertiary/aromatic N) is 1. The number of ether oxygens (including phenoxy) is 2. The third kappa shape index (κ3) is 2.96. The molecule has 1 saturated heterocycles. The molecule has 0 aliphatic carbocycles. The average Bonchev–Trinajstić information content (AvgIpc) is 2.86. The highest BCUT2D eigenvalue weighted by Crippen LogP contribution is 2.37. The average molecular weight is 344 g/mol. The van der Waals surface area contributed by atoms with Crippen molar-refractivity contribution < 1.29 is 18.7 Å². The number of likely N-dealkylation sites (N-methyl/N-ethyl adjacent to an activating group) is 1. The molecule has 1 atom stereocenters. The van der Waals surface area contributed by atoms with Gasteiger partial charge in [-0.1, -0.05) is 17.7 Å². The molecule has 1 amide bonds. The van der Waals surface area contributed by atoms with Crippen LogP contribution >= 0.6 is 22.9 Å². The Hall–Kier alpha value is -1.21. The monoisotopic (exact) mass is 343 g/mol. The molecule has 118 valence electrons. The molecule has 0 spiro atoms. The summed E-state index contributed by atoms with van der Waals surface area (Å²) in [5.41, 5.74) is 0. The molecule has 1 aliphatic heterocycles. The minimum atomic E-state index is -0.413. The van der Waals surface area contributed by atoms with Crippen LogP contribution in [0.5, 0.6) is 0 Å². The lowest BCUT2D eigenvalue weighted by Gasteiger charge is -2.27. The number of fused-ring (bicyclic) bond motifs is 1. The lowest BCUT2D eigenvalue weighted by molar-refractivity contribution is -0.0933. The Balaban J connectivity index is 1.82. The minimum Gasteiger partial charge on any atom is -0.376 e. The van der Waals surface area contributed by atoms with Crippen LogP contribution in [0.25, 0.3) is 10.1 Å². The first kappa shape index (κ1) is 15.7.